The van der Waals surface area contributed by atoms with Crippen molar-refractivity contribution in [3.63, 3.8) is 0 Å². The molecule has 4 heteroatoms. The van der Waals surface area contributed by atoms with Gasteiger partial charge in [-0.1, -0.05) is 25.0 Å². The minimum Gasteiger partial charge on any atom is -0.508 e. The number of benzene rings is 1. The number of fused-ring (bicyclic) bond motifs is 1. The highest BCUT2D eigenvalue weighted by Gasteiger charge is 2.39. The maximum absolute atomic E-state index is 12.6. The lowest BCUT2D eigenvalue weighted by atomic mass is 9.85. The van der Waals surface area contributed by atoms with Gasteiger partial charge in [-0.3, -0.25) is 4.79 Å². The Morgan fingerprint density at radius 2 is 1.95 bits per heavy atom. The van der Waals surface area contributed by atoms with Crippen LogP contribution in [0.25, 0.3) is 0 Å². The maximum Gasteiger partial charge on any atom is 0.240 e. The van der Waals surface area contributed by atoms with E-state index in [1.165, 1.54) is 19.3 Å². The molecule has 21 heavy (non-hydrogen) atoms. The van der Waals surface area contributed by atoms with Crippen LogP contribution in [0.2, 0.25) is 0 Å². The third kappa shape index (κ3) is 3.05. The summed E-state index contributed by atoms with van der Waals surface area (Å²) in [5.41, 5.74) is 7.13. The zero-order valence-electron chi connectivity index (χ0n) is 12.4. The number of aromatic hydroxyl groups is 1. The van der Waals surface area contributed by atoms with E-state index in [9.17, 15) is 9.90 Å². The second kappa shape index (κ2) is 6.06. The topological polar surface area (TPSA) is 66.6 Å². The molecular weight excluding hydrogens is 264 g/mol. The summed E-state index contributed by atoms with van der Waals surface area (Å²) in [6, 6.07) is 6.89. The Morgan fingerprint density at radius 3 is 2.71 bits per heavy atom. The van der Waals surface area contributed by atoms with E-state index in [0.29, 0.717) is 18.4 Å². The SMILES string of the molecule is NC(Cc1ccc(O)cc1)C(=O)N1CCC2CCCCC21. The molecule has 0 aromatic heterocycles. The first-order valence-electron chi connectivity index (χ1n) is 7.99. The number of hydrogen-bond donors (Lipinski definition) is 2. The molecule has 3 N–H and O–H groups in total. The van der Waals surface area contributed by atoms with Crippen LogP contribution in [-0.4, -0.2) is 34.5 Å². The summed E-state index contributed by atoms with van der Waals surface area (Å²) >= 11 is 0. The van der Waals surface area contributed by atoms with E-state index in [0.717, 1.165) is 24.9 Å². The summed E-state index contributed by atoms with van der Waals surface area (Å²) in [4.78, 5) is 14.7. The molecule has 1 aromatic carbocycles. The van der Waals surface area contributed by atoms with Crippen LogP contribution < -0.4 is 5.73 Å². The molecule has 2 fully saturated rings. The van der Waals surface area contributed by atoms with Crippen molar-refractivity contribution in [1.82, 2.24) is 4.90 Å². The number of rotatable bonds is 3. The lowest BCUT2D eigenvalue weighted by molar-refractivity contribution is -0.134. The van der Waals surface area contributed by atoms with Crippen molar-refractivity contribution in [2.75, 3.05) is 6.54 Å². The molecule has 0 radical (unpaired) electrons. The zero-order valence-corrected chi connectivity index (χ0v) is 12.4. The second-order valence-corrected chi connectivity index (χ2v) is 6.41. The molecule has 1 amide bonds. The van der Waals surface area contributed by atoms with Gasteiger partial charge in [0.2, 0.25) is 5.91 Å². The molecule has 0 spiro atoms. The van der Waals surface area contributed by atoms with E-state index in [-0.39, 0.29) is 11.7 Å². The van der Waals surface area contributed by atoms with E-state index in [1.807, 2.05) is 17.0 Å². The number of phenolic OH excluding ortho intramolecular Hbond substituents is 1. The van der Waals surface area contributed by atoms with Gasteiger partial charge in [0.05, 0.1) is 6.04 Å². The number of carbonyl (C=O) groups is 1. The van der Waals surface area contributed by atoms with E-state index in [1.54, 1.807) is 12.1 Å². The van der Waals surface area contributed by atoms with Gasteiger partial charge in [0.25, 0.3) is 0 Å². The first kappa shape index (κ1) is 14.4. The molecule has 1 saturated carbocycles. The lowest BCUT2D eigenvalue weighted by Gasteiger charge is -2.33. The van der Waals surface area contributed by atoms with Gasteiger partial charge in [0, 0.05) is 12.6 Å². The summed E-state index contributed by atoms with van der Waals surface area (Å²) in [5.74, 6) is 1.03. The Labute approximate surface area is 125 Å². The van der Waals surface area contributed by atoms with Crippen LogP contribution in [0, 0.1) is 5.92 Å². The minimum atomic E-state index is -0.477. The van der Waals surface area contributed by atoms with Gasteiger partial charge in [-0.2, -0.15) is 0 Å². The summed E-state index contributed by atoms with van der Waals surface area (Å²) < 4.78 is 0. The zero-order chi connectivity index (χ0) is 14.8. The average Bonchev–Trinajstić information content (AvgIpc) is 2.92. The highest BCUT2D eigenvalue weighted by Crippen LogP contribution is 2.36. The van der Waals surface area contributed by atoms with Crippen molar-refractivity contribution >= 4 is 5.91 Å². The molecule has 3 unspecified atom stereocenters. The van der Waals surface area contributed by atoms with E-state index in [2.05, 4.69) is 0 Å². The number of nitrogens with two attached hydrogens (primary N) is 1. The van der Waals surface area contributed by atoms with Crippen LogP contribution in [0.3, 0.4) is 0 Å². The highest BCUT2D eigenvalue weighted by molar-refractivity contribution is 5.82. The van der Waals surface area contributed by atoms with E-state index in [4.69, 9.17) is 5.73 Å². The predicted molar refractivity (Wildman–Crippen MR) is 81.9 cm³/mol. The predicted octanol–water partition coefficient (Wildman–Crippen LogP) is 2.05. The molecule has 1 saturated heterocycles. The third-order valence-corrected chi connectivity index (χ3v) is 5.00. The van der Waals surface area contributed by atoms with Crippen LogP contribution in [0.4, 0.5) is 0 Å². The fourth-order valence-corrected chi connectivity index (χ4v) is 3.87. The Morgan fingerprint density at radius 1 is 1.24 bits per heavy atom. The fraction of sp³-hybridized carbons (Fsp3) is 0.588. The standard InChI is InChI=1S/C17H24N2O2/c18-15(11-12-5-7-14(20)8-6-12)17(21)19-10-9-13-3-1-2-4-16(13)19/h5-8,13,15-16,20H,1-4,9-11,18H2. The van der Waals surface area contributed by atoms with Crippen molar-refractivity contribution in [1.29, 1.82) is 0 Å². The van der Waals surface area contributed by atoms with Crippen LogP contribution >= 0.6 is 0 Å². The molecule has 2 aliphatic rings. The monoisotopic (exact) mass is 288 g/mol. The summed E-state index contributed by atoms with van der Waals surface area (Å²) in [6.07, 6.45) is 6.63. The van der Waals surface area contributed by atoms with Crippen molar-refractivity contribution in [2.24, 2.45) is 11.7 Å². The number of likely N-dealkylation sites (tertiary alicyclic amines) is 1. The number of hydrogen-bond acceptors (Lipinski definition) is 3. The van der Waals surface area contributed by atoms with Crippen LogP contribution in [0.1, 0.15) is 37.7 Å². The van der Waals surface area contributed by atoms with Gasteiger partial charge in [-0.15, -0.1) is 0 Å². The van der Waals surface area contributed by atoms with Gasteiger partial charge in [0.15, 0.2) is 0 Å². The average molecular weight is 288 g/mol. The van der Waals surface area contributed by atoms with E-state index < -0.39 is 6.04 Å². The molecule has 4 nitrogen and oxygen atoms in total. The van der Waals surface area contributed by atoms with Gasteiger partial charge in [0.1, 0.15) is 5.75 Å². The Kier molecular flexibility index (Phi) is 4.15. The summed E-state index contributed by atoms with van der Waals surface area (Å²) in [6.45, 7) is 0.872. The molecule has 3 atom stereocenters. The van der Waals surface area contributed by atoms with Crippen molar-refractivity contribution < 1.29 is 9.90 Å². The van der Waals surface area contributed by atoms with Gasteiger partial charge < -0.3 is 15.7 Å². The first-order chi connectivity index (χ1) is 10.1. The second-order valence-electron chi connectivity index (χ2n) is 6.41. The number of carbonyl (C=O) groups excluding carboxylic acids is 1. The number of amides is 1. The molecule has 0 bridgehead atoms. The third-order valence-electron chi connectivity index (χ3n) is 5.00. The molecule has 3 rings (SSSR count). The van der Waals surface area contributed by atoms with Crippen LogP contribution in [-0.2, 0) is 11.2 Å². The first-order valence-corrected chi connectivity index (χ1v) is 7.99. The number of phenols is 1. The Balaban J connectivity index is 1.63. The molecule has 1 aliphatic heterocycles. The summed E-state index contributed by atoms with van der Waals surface area (Å²) in [5, 5.41) is 9.30. The molecule has 1 heterocycles. The highest BCUT2D eigenvalue weighted by atomic mass is 16.3. The van der Waals surface area contributed by atoms with Gasteiger partial charge >= 0.3 is 0 Å². The van der Waals surface area contributed by atoms with Crippen molar-refractivity contribution in [3.05, 3.63) is 29.8 Å². The quantitative estimate of drug-likeness (QED) is 0.894. The van der Waals surface area contributed by atoms with Crippen LogP contribution in [0.15, 0.2) is 24.3 Å². The van der Waals surface area contributed by atoms with Gasteiger partial charge in [-0.05, 0) is 49.3 Å². The van der Waals surface area contributed by atoms with Gasteiger partial charge in [-0.25, -0.2) is 0 Å². The largest absolute Gasteiger partial charge is 0.508 e. The van der Waals surface area contributed by atoms with E-state index >= 15 is 0 Å². The fourth-order valence-electron chi connectivity index (χ4n) is 3.87. The lowest BCUT2D eigenvalue weighted by Crippen LogP contribution is -2.48. The Hall–Kier alpha value is -1.55. The smallest absolute Gasteiger partial charge is 0.240 e. The summed E-state index contributed by atoms with van der Waals surface area (Å²) in [7, 11) is 0. The molecule has 114 valence electrons. The molecule has 1 aliphatic carbocycles. The van der Waals surface area contributed by atoms with Crippen LogP contribution in [0.5, 0.6) is 5.75 Å². The Bertz CT molecular complexity index is 500. The minimum absolute atomic E-state index is 0.0949. The molecular formula is C17H24N2O2. The van der Waals surface area contributed by atoms with Crippen molar-refractivity contribution in [2.45, 2.75) is 50.6 Å². The molecule has 1 aromatic rings. The normalized spacial score (nSPS) is 26.4. The number of nitrogens with zero attached hydrogens (tertiary/aromatic N) is 1. The van der Waals surface area contributed by atoms with Crippen molar-refractivity contribution in [3.8, 4) is 5.75 Å². The maximum atomic E-state index is 12.6.